The Morgan fingerprint density at radius 3 is 2.95 bits per heavy atom. The Balaban J connectivity index is 1.90. The van der Waals surface area contributed by atoms with Crippen molar-refractivity contribution in [1.82, 2.24) is 10.2 Å². The number of nitrogens with one attached hydrogen (secondary N) is 1. The first-order valence-corrected chi connectivity index (χ1v) is 7.07. The van der Waals surface area contributed by atoms with Gasteiger partial charge in [-0.1, -0.05) is 12.1 Å². The van der Waals surface area contributed by atoms with E-state index in [4.69, 9.17) is 4.74 Å². The molecule has 1 saturated heterocycles. The second-order valence-electron chi connectivity index (χ2n) is 4.90. The minimum absolute atomic E-state index is 0.0119. The summed E-state index contributed by atoms with van der Waals surface area (Å²) < 4.78 is 23.5. The third-order valence-corrected chi connectivity index (χ3v) is 3.50. The molecule has 1 aliphatic rings. The van der Waals surface area contributed by atoms with Gasteiger partial charge in [0.1, 0.15) is 6.61 Å². The molecule has 120 valence electrons. The Bertz CT molecular complexity index is 538. The van der Waals surface area contributed by atoms with Crippen LogP contribution in [0.4, 0.5) is 4.39 Å². The topological polar surface area (TPSA) is 67.9 Å². The smallest absolute Gasteiger partial charge is 0.307 e. The second-order valence-corrected chi connectivity index (χ2v) is 4.90. The fourth-order valence-corrected chi connectivity index (χ4v) is 2.33. The molecule has 1 aromatic rings. The van der Waals surface area contributed by atoms with Crippen molar-refractivity contribution >= 4 is 11.9 Å². The largest absolute Gasteiger partial charge is 0.489 e. The van der Waals surface area contributed by atoms with Gasteiger partial charge in [0.2, 0.25) is 5.91 Å². The molecule has 0 bridgehead atoms. The fourth-order valence-electron chi connectivity index (χ4n) is 2.33. The summed E-state index contributed by atoms with van der Waals surface area (Å²) in [7, 11) is 1.29. The lowest BCUT2D eigenvalue weighted by atomic mass is 10.1. The van der Waals surface area contributed by atoms with Crippen LogP contribution in [-0.2, 0) is 14.3 Å². The van der Waals surface area contributed by atoms with Crippen LogP contribution in [0.2, 0.25) is 0 Å². The van der Waals surface area contributed by atoms with E-state index in [0.717, 1.165) is 0 Å². The van der Waals surface area contributed by atoms with E-state index in [9.17, 15) is 14.0 Å². The van der Waals surface area contributed by atoms with Crippen LogP contribution in [0.3, 0.4) is 0 Å². The molecule has 22 heavy (non-hydrogen) atoms. The summed E-state index contributed by atoms with van der Waals surface area (Å²) in [6.07, 6.45) is -0.0119. The van der Waals surface area contributed by atoms with Crippen LogP contribution >= 0.6 is 0 Å². The highest BCUT2D eigenvalue weighted by atomic mass is 19.1. The quantitative estimate of drug-likeness (QED) is 0.778. The van der Waals surface area contributed by atoms with Gasteiger partial charge in [0, 0.05) is 19.6 Å². The number of piperazine rings is 1. The monoisotopic (exact) mass is 310 g/mol. The molecule has 1 fully saturated rings. The minimum Gasteiger partial charge on any atom is -0.489 e. The number of carbonyl (C=O) groups excluding carboxylic acids is 2. The first kappa shape index (κ1) is 16.2. The number of ether oxygens (including phenoxy) is 2. The maximum Gasteiger partial charge on any atom is 0.307 e. The zero-order valence-electron chi connectivity index (χ0n) is 12.4. The van der Waals surface area contributed by atoms with E-state index in [0.29, 0.717) is 19.6 Å². The molecule has 7 heteroatoms. The number of carbonyl (C=O) groups is 2. The zero-order valence-corrected chi connectivity index (χ0v) is 12.4. The highest BCUT2D eigenvalue weighted by Gasteiger charge is 2.31. The van der Waals surface area contributed by atoms with Crippen molar-refractivity contribution in [3.8, 4) is 5.75 Å². The van der Waals surface area contributed by atoms with E-state index >= 15 is 0 Å². The summed E-state index contributed by atoms with van der Waals surface area (Å²) in [6.45, 7) is 1.76. The SMILES string of the molecule is COC(=O)C[C@@H]1C(=O)NCCN1CCOc1ccccc1F. The van der Waals surface area contributed by atoms with Crippen LogP contribution in [0.15, 0.2) is 24.3 Å². The second kappa shape index (κ2) is 7.74. The molecule has 1 aliphatic heterocycles. The van der Waals surface area contributed by atoms with E-state index in [2.05, 4.69) is 10.1 Å². The minimum atomic E-state index is -0.578. The van der Waals surface area contributed by atoms with E-state index in [1.165, 1.54) is 13.2 Å². The van der Waals surface area contributed by atoms with Crippen LogP contribution in [0, 0.1) is 5.82 Å². The number of benzene rings is 1. The molecule has 1 atom stereocenters. The number of hydrogen-bond acceptors (Lipinski definition) is 5. The van der Waals surface area contributed by atoms with Crippen LogP contribution < -0.4 is 10.1 Å². The molecule has 0 spiro atoms. The molecule has 2 rings (SSSR count). The van der Waals surface area contributed by atoms with Gasteiger partial charge in [0.15, 0.2) is 11.6 Å². The molecule has 1 aromatic carbocycles. The van der Waals surface area contributed by atoms with Gasteiger partial charge < -0.3 is 14.8 Å². The van der Waals surface area contributed by atoms with Crippen molar-refractivity contribution in [2.24, 2.45) is 0 Å². The van der Waals surface area contributed by atoms with Crippen LogP contribution in [0.1, 0.15) is 6.42 Å². The predicted molar refractivity (Wildman–Crippen MR) is 76.9 cm³/mol. The highest BCUT2D eigenvalue weighted by Crippen LogP contribution is 2.16. The molecule has 0 unspecified atom stereocenters. The van der Waals surface area contributed by atoms with Gasteiger partial charge in [0.05, 0.1) is 19.6 Å². The lowest BCUT2D eigenvalue weighted by molar-refractivity contribution is -0.146. The normalized spacial score (nSPS) is 18.6. The molecule has 0 radical (unpaired) electrons. The van der Waals surface area contributed by atoms with Gasteiger partial charge in [-0.25, -0.2) is 4.39 Å². The first-order valence-electron chi connectivity index (χ1n) is 7.07. The van der Waals surface area contributed by atoms with Gasteiger partial charge in [-0.3, -0.25) is 14.5 Å². The van der Waals surface area contributed by atoms with Crippen molar-refractivity contribution in [2.75, 3.05) is 33.4 Å². The molecule has 0 aromatic heterocycles. The van der Waals surface area contributed by atoms with Crippen LogP contribution in [0.25, 0.3) is 0 Å². The van der Waals surface area contributed by atoms with E-state index in [1.54, 1.807) is 18.2 Å². The number of methoxy groups -OCH3 is 1. The number of esters is 1. The summed E-state index contributed by atoms with van der Waals surface area (Å²) in [5, 5.41) is 2.72. The Morgan fingerprint density at radius 2 is 2.23 bits per heavy atom. The fraction of sp³-hybridized carbons (Fsp3) is 0.467. The Kier molecular flexibility index (Phi) is 5.71. The van der Waals surface area contributed by atoms with Crippen molar-refractivity contribution in [2.45, 2.75) is 12.5 Å². The van der Waals surface area contributed by atoms with E-state index in [1.807, 2.05) is 4.90 Å². The van der Waals surface area contributed by atoms with E-state index in [-0.39, 0.29) is 24.7 Å². The summed E-state index contributed by atoms with van der Waals surface area (Å²) in [5.41, 5.74) is 0. The third kappa shape index (κ3) is 4.17. The maximum atomic E-state index is 13.4. The molecule has 1 heterocycles. The lowest BCUT2D eigenvalue weighted by Crippen LogP contribution is -2.56. The molecule has 1 N–H and O–H groups in total. The number of rotatable bonds is 6. The molecule has 6 nitrogen and oxygen atoms in total. The standard InChI is InChI=1S/C15H19FN2O4/c1-21-14(19)10-12-15(20)17-6-7-18(12)8-9-22-13-5-3-2-4-11(13)16/h2-5,12H,6-10H2,1H3,(H,17,20)/t12-/m1/s1. The zero-order chi connectivity index (χ0) is 15.9. The van der Waals surface area contributed by atoms with Gasteiger partial charge in [-0.05, 0) is 12.1 Å². The Morgan fingerprint density at radius 1 is 1.45 bits per heavy atom. The number of nitrogens with zero attached hydrogens (tertiary/aromatic N) is 1. The van der Waals surface area contributed by atoms with Gasteiger partial charge in [-0.15, -0.1) is 0 Å². The lowest BCUT2D eigenvalue weighted by Gasteiger charge is -2.34. The summed E-state index contributed by atoms with van der Waals surface area (Å²) in [6, 6.07) is 5.56. The summed E-state index contributed by atoms with van der Waals surface area (Å²) in [4.78, 5) is 25.1. The van der Waals surface area contributed by atoms with E-state index < -0.39 is 17.8 Å². The molecule has 1 amide bonds. The highest BCUT2D eigenvalue weighted by molar-refractivity contribution is 5.87. The summed E-state index contributed by atoms with van der Waals surface area (Å²) in [5.74, 6) is -0.900. The van der Waals surface area contributed by atoms with Crippen molar-refractivity contribution in [3.05, 3.63) is 30.1 Å². The van der Waals surface area contributed by atoms with Crippen molar-refractivity contribution in [3.63, 3.8) is 0 Å². The molecule has 0 aliphatic carbocycles. The average Bonchev–Trinajstić information content (AvgIpc) is 2.52. The summed E-state index contributed by atoms with van der Waals surface area (Å²) >= 11 is 0. The first-order chi connectivity index (χ1) is 10.6. The van der Waals surface area contributed by atoms with Crippen LogP contribution in [-0.4, -0.2) is 56.2 Å². The van der Waals surface area contributed by atoms with Gasteiger partial charge in [-0.2, -0.15) is 0 Å². The van der Waals surface area contributed by atoms with Crippen LogP contribution in [0.5, 0.6) is 5.75 Å². The molecular weight excluding hydrogens is 291 g/mol. The number of amides is 1. The average molecular weight is 310 g/mol. The van der Waals surface area contributed by atoms with Crippen molar-refractivity contribution in [1.29, 1.82) is 0 Å². The third-order valence-electron chi connectivity index (χ3n) is 3.50. The number of para-hydroxylation sites is 1. The maximum absolute atomic E-state index is 13.4. The Hall–Kier alpha value is -2.15. The number of halogens is 1. The molecule has 0 saturated carbocycles. The molecular formula is C15H19FN2O4. The predicted octanol–water partition coefficient (Wildman–Crippen LogP) is 0.568. The van der Waals surface area contributed by atoms with Gasteiger partial charge >= 0.3 is 5.97 Å². The van der Waals surface area contributed by atoms with Gasteiger partial charge in [0.25, 0.3) is 0 Å². The Labute approximate surface area is 128 Å². The number of hydrogen-bond donors (Lipinski definition) is 1. The van der Waals surface area contributed by atoms with Crippen molar-refractivity contribution < 1.29 is 23.5 Å².